The Morgan fingerprint density at radius 1 is 1.03 bits per heavy atom. The molecule has 1 saturated carbocycles. The van der Waals surface area contributed by atoms with E-state index in [1.165, 1.54) is 0 Å². The van der Waals surface area contributed by atoms with E-state index >= 15 is 0 Å². The van der Waals surface area contributed by atoms with Gasteiger partial charge in [0.25, 0.3) is 5.91 Å². The van der Waals surface area contributed by atoms with Crippen LogP contribution in [0.2, 0.25) is 5.02 Å². The van der Waals surface area contributed by atoms with Crippen LogP contribution in [0.4, 0.5) is 8.78 Å². The maximum absolute atomic E-state index is 14.6. The lowest BCUT2D eigenvalue weighted by Crippen LogP contribution is -2.40. The van der Waals surface area contributed by atoms with Gasteiger partial charge < -0.3 is 9.64 Å². The molecule has 37 heavy (non-hydrogen) atoms. The Hall–Kier alpha value is -3.03. The zero-order valence-corrected chi connectivity index (χ0v) is 21.6. The molecule has 8 heteroatoms. The molecule has 1 aliphatic carbocycles. The van der Waals surface area contributed by atoms with Crippen molar-refractivity contribution in [3.63, 3.8) is 0 Å². The average Bonchev–Trinajstić information content (AvgIpc) is 3.14. The van der Waals surface area contributed by atoms with Gasteiger partial charge in [-0.1, -0.05) is 30.5 Å². The van der Waals surface area contributed by atoms with Gasteiger partial charge in [0.1, 0.15) is 22.3 Å². The Labute approximate surface area is 222 Å². The van der Waals surface area contributed by atoms with Crippen molar-refractivity contribution < 1.29 is 18.3 Å². The fourth-order valence-electron chi connectivity index (χ4n) is 5.56. The van der Waals surface area contributed by atoms with Gasteiger partial charge in [-0.05, 0) is 72.7 Å². The van der Waals surface area contributed by atoms with Gasteiger partial charge in [0.2, 0.25) is 0 Å². The molecule has 2 bridgehead atoms. The number of hydrogen-bond donors (Lipinski definition) is 0. The third-order valence-electron chi connectivity index (χ3n) is 7.47. The first-order valence-electron chi connectivity index (χ1n) is 12.5. The van der Waals surface area contributed by atoms with Crippen LogP contribution in [0.15, 0.2) is 54.9 Å². The summed E-state index contributed by atoms with van der Waals surface area (Å²) in [4.78, 5) is 20.3. The number of hydrogen-bond acceptors (Lipinski definition) is 4. The SMILES string of the molecule is O=C(c1sc2c(F)ccc(F)c2c1Cl)N1Cc2cc(-c3ccncc3)ccc2OCC2CCCCC1C2. The molecule has 4 aromatic rings. The van der Waals surface area contributed by atoms with E-state index in [2.05, 4.69) is 11.1 Å². The highest BCUT2D eigenvalue weighted by Gasteiger charge is 2.34. The number of rotatable bonds is 2. The Bertz CT molecular complexity index is 1480. The first-order valence-corrected chi connectivity index (χ1v) is 13.7. The Morgan fingerprint density at radius 2 is 1.81 bits per heavy atom. The minimum Gasteiger partial charge on any atom is -0.493 e. The number of carbonyl (C=O) groups excluding carboxylic acids is 1. The van der Waals surface area contributed by atoms with Crippen molar-refractivity contribution in [2.24, 2.45) is 5.92 Å². The number of aromatic nitrogens is 1. The molecule has 0 spiro atoms. The molecule has 2 aromatic heterocycles. The third kappa shape index (κ3) is 4.59. The second-order valence-electron chi connectivity index (χ2n) is 9.82. The minimum atomic E-state index is -0.628. The largest absolute Gasteiger partial charge is 0.493 e. The number of pyridine rings is 1. The van der Waals surface area contributed by atoms with Crippen LogP contribution >= 0.6 is 22.9 Å². The van der Waals surface area contributed by atoms with Crippen LogP contribution in [-0.4, -0.2) is 28.4 Å². The summed E-state index contributed by atoms with van der Waals surface area (Å²) in [6.45, 7) is 0.917. The minimum absolute atomic E-state index is 0.0184. The van der Waals surface area contributed by atoms with Crippen molar-refractivity contribution in [3.05, 3.63) is 82.0 Å². The topological polar surface area (TPSA) is 42.4 Å². The molecule has 0 N–H and O–H groups in total. The van der Waals surface area contributed by atoms with Crippen LogP contribution in [0, 0.1) is 17.6 Å². The van der Waals surface area contributed by atoms with Gasteiger partial charge >= 0.3 is 0 Å². The van der Waals surface area contributed by atoms with Gasteiger partial charge in [0.05, 0.1) is 21.7 Å². The molecule has 4 nitrogen and oxygen atoms in total. The standard InChI is InChI=1S/C29H25ClF2N2O2S/c30-26-25-22(31)6-7-23(32)27(25)37-28(26)29(35)34-15-20-14-19(18-9-11-33-12-10-18)5-8-24(20)36-16-17-3-1-2-4-21(34)13-17/h5-12,14,17,21H,1-4,13,15-16H2. The fourth-order valence-corrected chi connectivity index (χ4v) is 7.06. The summed E-state index contributed by atoms with van der Waals surface area (Å²) in [5.41, 5.74) is 2.91. The zero-order chi connectivity index (χ0) is 25.5. The quantitative estimate of drug-likeness (QED) is 0.261. The molecule has 2 unspecified atom stereocenters. The van der Waals surface area contributed by atoms with E-state index in [-0.39, 0.29) is 31.9 Å². The number of thiophene rings is 1. The van der Waals surface area contributed by atoms with E-state index in [9.17, 15) is 13.6 Å². The highest BCUT2D eigenvalue weighted by atomic mass is 35.5. The molecular formula is C29H25ClF2N2O2S. The summed E-state index contributed by atoms with van der Waals surface area (Å²) in [7, 11) is 0. The number of ether oxygens (including phenoxy) is 1. The lowest BCUT2D eigenvalue weighted by atomic mass is 9.97. The van der Waals surface area contributed by atoms with Crippen LogP contribution in [-0.2, 0) is 6.54 Å². The summed E-state index contributed by atoms with van der Waals surface area (Å²) in [5.74, 6) is -0.431. The highest BCUT2D eigenvalue weighted by molar-refractivity contribution is 7.21. The second kappa shape index (κ2) is 10.0. The van der Waals surface area contributed by atoms with Gasteiger partial charge in [-0.25, -0.2) is 8.78 Å². The molecule has 2 aromatic carbocycles. The molecule has 0 radical (unpaired) electrons. The summed E-state index contributed by atoms with van der Waals surface area (Å²) in [6.07, 6.45) is 8.33. The van der Waals surface area contributed by atoms with Crippen LogP contribution < -0.4 is 4.74 Å². The summed E-state index contributed by atoms with van der Waals surface area (Å²) < 4.78 is 35.5. The van der Waals surface area contributed by atoms with Crippen LogP contribution in [0.3, 0.4) is 0 Å². The smallest absolute Gasteiger partial charge is 0.266 e. The van der Waals surface area contributed by atoms with E-state index in [1.54, 1.807) is 12.4 Å². The lowest BCUT2D eigenvalue weighted by Gasteiger charge is -2.32. The van der Waals surface area contributed by atoms with Gasteiger partial charge in [-0.3, -0.25) is 9.78 Å². The number of halogens is 3. The lowest BCUT2D eigenvalue weighted by molar-refractivity contribution is 0.0632. The summed E-state index contributed by atoms with van der Waals surface area (Å²) >= 11 is 7.48. The van der Waals surface area contributed by atoms with E-state index in [0.717, 1.165) is 78.0 Å². The maximum Gasteiger partial charge on any atom is 0.266 e. The first kappa shape index (κ1) is 24.3. The van der Waals surface area contributed by atoms with Gasteiger partial charge in [-0.15, -0.1) is 11.3 Å². The fraction of sp³-hybridized carbons (Fsp3) is 0.310. The molecule has 1 aliphatic heterocycles. The number of benzene rings is 2. The first-order chi connectivity index (χ1) is 18.0. The Kier molecular flexibility index (Phi) is 6.59. The van der Waals surface area contributed by atoms with Crippen molar-refractivity contribution in [2.75, 3.05) is 6.61 Å². The molecule has 190 valence electrons. The highest BCUT2D eigenvalue weighted by Crippen LogP contribution is 2.41. The molecule has 3 heterocycles. The number of nitrogens with zero attached hydrogens (tertiary/aromatic N) is 2. The monoisotopic (exact) mass is 538 g/mol. The Morgan fingerprint density at radius 3 is 2.62 bits per heavy atom. The van der Waals surface area contributed by atoms with Crippen molar-refractivity contribution >= 4 is 38.9 Å². The van der Waals surface area contributed by atoms with E-state index < -0.39 is 11.6 Å². The average molecular weight is 539 g/mol. The molecule has 2 atom stereocenters. The number of amides is 1. The van der Waals surface area contributed by atoms with E-state index in [1.807, 2.05) is 29.2 Å². The normalized spacial score (nSPS) is 19.8. The van der Waals surface area contributed by atoms with E-state index in [0.29, 0.717) is 19.1 Å². The predicted octanol–water partition coefficient (Wildman–Crippen LogP) is 7.88. The molecule has 2 aliphatic rings. The van der Waals surface area contributed by atoms with Crippen molar-refractivity contribution in [2.45, 2.75) is 44.7 Å². The van der Waals surface area contributed by atoms with Crippen molar-refractivity contribution in [1.82, 2.24) is 9.88 Å². The third-order valence-corrected chi connectivity index (χ3v) is 9.15. The van der Waals surface area contributed by atoms with Crippen LogP contribution in [0.5, 0.6) is 5.75 Å². The maximum atomic E-state index is 14.6. The van der Waals surface area contributed by atoms with Crippen molar-refractivity contribution in [3.8, 4) is 16.9 Å². The second-order valence-corrected chi connectivity index (χ2v) is 11.2. The molecule has 0 saturated heterocycles. The molecular weight excluding hydrogens is 514 g/mol. The summed E-state index contributed by atoms with van der Waals surface area (Å²) in [6, 6.07) is 12.0. The van der Waals surface area contributed by atoms with Gasteiger partial charge in [0.15, 0.2) is 0 Å². The van der Waals surface area contributed by atoms with Gasteiger partial charge in [0, 0.05) is 30.5 Å². The molecule has 6 rings (SSSR count). The van der Waals surface area contributed by atoms with Crippen molar-refractivity contribution in [1.29, 1.82) is 0 Å². The van der Waals surface area contributed by atoms with Crippen LogP contribution in [0.1, 0.15) is 47.3 Å². The van der Waals surface area contributed by atoms with E-state index in [4.69, 9.17) is 16.3 Å². The zero-order valence-electron chi connectivity index (χ0n) is 20.1. The number of fused-ring (bicyclic) bond motifs is 4. The van der Waals surface area contributed by atoms with Gasteiger partial charge in [-0.2, -0.15) is 0 Å². The predicted molar refractivity (Wildman–Crippen MR) is 142 cm³/mol. The summed E-state index contributed by atoms with van der Waals surface area (Å²) in [5, 5.41) is -0.0456. The molecule has 1 fully saturated rings. The van der Waals surface area contributed by atoms with Crippen LogP contribution in [0.25, 0.3) is 21.2 Å². The molecule has 1 amide bonds. The Balaban J connectivity index is 1.45. The number of carbonyl (C=O) groups is 1.